The van der Waals surface area contributed by atoms with E-state index in [1.54, 1.807) is 0 Å². The quantitative estimate of drug-likeness (QED) is 0.356. The van der Waals surface area contributed by atoms with Crippen LogP contribution < -0.4 is 0 Å². The predicted octanol–water partition coefficient (Wildman–Crippen LogP) is 3.82. The van der Waals surface area contributed by atoms with Crippen LogP contribution in [0, 0.1) is 15.9 Å². The van der Waals surface area contributed by atoms with E-state index in [1.807, 2.05) is 0 Å². The number of nitrogens with zero attached hydrogens (tertiary/aromatic N) is 2. The van der Waals surface area contributed by atoms with Crippen molar-refractivity contribution in [3.8, 4) is 0 Å². The van der Waals surface area contributed by atoms with Gasteiger partial charge in [-0.1, -0.05) is 46.2 Å². The molecule has 0 spiro atoms. The molecule has 0 saturated carbocycles. The van der Waals surface area contributed by atoms with E-state index in [0.717, 1.165) is 48.5 Å². The van der Waals surface area contributed by atoms with Gasteiger partial charge in [-0.2, -0.15) is 0 Å². The molecule has 3 aromatic carbocycles. The van der Waals surface area contributed by atoms with Gasteiger partial charge in [-0.05, 0) is 35.9 Å². The molecule has 3 rings (SSSR count). The van der Waals surface area contributed by atoms with Crippen molar-refractivity contribution in [2.24, 2.45) is 0 Å². The Morgan fingerprint density at radius 1 is 0.844 bits per heavy atom. The molecule has 12 heteroatoms. The minimum absolute atomic E-state index is 0.0924. The van der Waals surface area contributed by atoms with Crippen molar-refractivity contribution in [3.05, 3.63) is 100 Å². The Bertz CT molecular complexity index is 1330. The Kier molecular flexibility index (Phi) is 6.67. The molecule has 8 nitrogen and oxygen atoms in total. The van der Waals surface area contributed by atoms with E-state index in [2.05, 4.69) is 0 Å². The van der Waals surface area contributed by atoms with Gasteiger partial charge in [-0.3, -0.25) is 10.1 Å². The summed E-state index contributed by atoms with van der Waals surface area (Å²) in [6.45, 7) is -1.50. The maximum atomic E-state index is 14.2. The molecule has 1 unspecified atom stereocenters. The van der Waals surface area contributed by atoms with Crippen LogP contribution in [0.15, 0.2) is 88.7 Å². The first kappa shape index (κ1) is 23.4. The van der Waals surface area contributed by atoms with Crippen LogP contribution in [-0.4, -0.2) is 32.1 Å². The summed E-state index contributed by atoms with van der Waals surface area (Å²) in [6.07, 6.45) is 0. The third-order valence-corrected chi connectivity index (χ3v) is 8.91. The number of nitro benzene ring substituents is 1. The second-order valence-electron chi connectivity index (χ2n) is 6.50. The fourth-order valence-corrected chi connectivity index (χ4v) is 7.15. The molecule has 0 bridgehead atoms. The zero-order chi connectivity index (χ0) is 23.5. The summed E-state index contributed by atoms with van der Waals surface area (Å²) in [5.74, 6) is -0.703. The minimum Gasteiger partial charge on any atom is -0.258 e. The van der Waals surface area contributed by atoms with Crippen molar-refractivity contribution in [2.45, 2.75) is 15.8 Å². The van der Waals surface area contributed by atoms with Crippen LogP contribution >= 0.6 is 0 Å². The molecule has 0 N–H and O–H groups in total. The number of halogens is 2. The lowest BCUT2D eigenvalue weighted by molar-refractivity contribution is -0.387. The van der Waals surface area contributed by atoms with Crippen molar-refractivity contribution in [1.29, 1.82) is 0 Å². The first-order valence-corrected chi connectivity index (χ1v) is 11.9. The van der Waals surface area contributed by atoms with Crippen molar-refractivity contribution in [1.82, 2.24) is 3.71 Å². The van der Waals surface area contributed by atoms with Crippen LogP contribution in [0.5, 0.6) is 0 Å². The van der Waals surface area contributed by atoms with Gasteiger partial charge in [0.2, 0.25) is 0 Å². The molecule has 0 heterocycles. The van der Waals surface area contributed by atoms with Gasteiger partial charge in [0.15, 0.2) is 4.90 Å². The summed E-state index contributed by atoms with van der Waals surface area (Å²) in [4.78, 5) is 9.04. The van der Waals surface area contributed by atoms with Gasteiger partial charge in [0.1, 0.15) is 12.5 Å². The first-order chi connectivity index (χ1) is 15.1. The molecule has 3 aromatic rings. The number of para-hydroxylation sites is 1. The molecule has 0 aliphatic carbocycles. The lowest BCUT2D eigenvalue weighted by Crippen LogP contribution is -2.41. The van der Waals surface area contributed by atoms with Gasteiger partial charge < -0.3 is 0 Å². The summed E-state index contributed by atoms with van der Waals surface area (Å²) >= 11 is 0. The number of sulfonamides is 2. The number of rotatable bonds is 8. The summed E-state index contributed by atoms with van der Waals surface area (Å²) < 4.78 is 81.4. The first-order valence-electron chi connectivity index (χ1n) is 9.00. The molecule has 1 atom stereocenters. The Hall–Kier alpha value is -3.22. The fraction of sp³-hybridized carbons (Fsp3) is 0.100. The zero-order valence-electron chi connectivity index (χ0n) is 16.2. The van der Waals surface area contributed by atoms with Gasteiger partial charge in [-0.15, -0.1) is 0 Å². The number of benzene rings is 3. The highest BCUT2D eigenvalue weighted by atomic mass is 32.3. The third-order valence-electron chi connectivity index (χ3n) is 4.51. The van der Waals surface area contributed by atoms with E-state index in [9.17, 15) is 35.7 Å². The van der Waals surface area contributed by atoms with E-state index >= 15 is 0 Å². The topological polar surface area (TPSA) is 115 Å². The second kappa shape index (κ2) is 9.10. The van der Waals surface area contributed by atoms with E-state index in [1.165, 1.54) is 30.3 Å². The lowest BCUT2D eigenvalue weighted by Gasteiger charge is -2.28. The molecule has 168 valence electrons. The van der Waals surface area contributed by atoms with Gasteiger partial charge >= 0.3 is 0 Å². The van der Waals surface area contributed by atoms with Crippen LogP contribution in [0.4, 0.5) is 14.5 Å². The van der Waals surface area contributed by atoms with E-state index in [4.69, 9.17) is 0 Å². The maximum Gasteiger partial charge on any atom is 0.289 e. The number of hydrogen-bond acceptors (Lipinski definition) is 6. The number of alkyl halides is 1. The molecular weight excluding hydrogens is 466 g/mol. The summed E-state index contributed by atoms with van der Waals surface area (Å²) in [5.41, 5.74) is -1.03. The Labute approximate surface area is 183 Å². The van der Waals surface area contributed by atoms with Gasteiger partial charge in [-0.25, -0.2) is 25.6 Å². The SMILES string of the molecule is O=[N+]([O-])c1ccccc1S(=O)(=O)N(C(CF)c1ccc(F)cc1)S(=O)(=O)c1ccccc1. The van der Waals surface area contributed by atoms with Crippen LogP contribution in [-0.2, 0) is 20.0 Å². The maximum absolute atomic E-state index is 14.2. The van der Waals surface area contributed by atoms with Gasteiger partial charge in [0, 0.05) is 6.07 Å². The number of hydrogen-bond donors (Lipinski definition) is 0. The Morgan fingerprint density at radius 2 is 1.41 bits per heavy atom. The van der Waals surface area contributed by atoms with Crippen molar-refractivity contribution < 1.29 is 30.5 Å². The highest BCUT2D eigenvalue weighted by Gasteiger charge is 2.45. The number of nitro groups is 1. The summed E-state index contributed by atoms with van der Waals surface area (Å²) in [5, 5.41) is 11.4. The molecule has 0 aliphatic heterocycles. The largest absolute Gasteiger partial charge is 0.289 e. The fourth-order valence-electron chi connectivity index (χ4n) is 3.04. The van der Waals surface area contributed by atoms with Crippen LogP contribution in [0.25, 0.3) is 0 Å². The van der Waals surface area contributed by atoms with Crippen LogP contribution in [0.3, 0.4) is 0 Å². The highest BCUT2D eigenvalue weighted by Crippen LogP contribution is 2.37. The van der Waals surface area contributed by atoms with Gasteiger partial charge in [0.05, 0.1) is 15.9 Å². The molecule has 0 aliphatic rings. The van der Waals surface area contributed by atoms with E-state index in [0.29, 0.717) is 0 Å². The van der Waals surface area contributed by atoms with Crippen LogP contribution in [0.1, 0.15) is 11.6 Å². The highest BCUT2D eigenvalue weighted by molar-refractivity contribution is 8.04. The second-order valence-corrected chi connectivity index (χ2v) is 10.3. The average molecular weight is 482 g/mol. The van der Waals surface area contributed by atoms with Crippen molar-refractivity contribution >= 4 is 25.7 Å². The Morgan fingerprint density at radius 3 is 1.97 bits per heavy atom. The van der Waals surface area contributed by atoms with Crippen LogP contribution in [0.2, 0.25) is 0 Å². The third kappa shape index (κ3) is 4.38. The lowest BCUT2D eigenvalue weighted by atomic mass is 10.1. The van der Waals surface area contributed by atoms with Crippen molar-refractivity contribution in [2.75, 3.05) is 6.67 Å². The molecular formula is C20H16F2N2O6S2. The molecule has 0 amide bonds. The predicted molar refractivity (Wildman–Crippen MR) is 111 cm³/mol. The zero-order valence-corrected chi connectivity index (χ0v) is 17.8. The molecule has 0 aromatic heterocycles. The Balaban J connectivity index is 2.33. The molecule has 32 heavy (non-hydrogen) atoms. The monoisotopic (exact) mass is 482 g/mol. The van der Waals surface area contributed by atoms with Gasteiger partial charge in [0.25, 0.3) is 25.7 Å². The minimum atomic E-state index is -5.18. The van der Waals surface area contributed by atoms with E-state index < -0.39 is 59.0 Å². The molecule has 0 radical (unpaired) electrons. The van der Waals surface area contributed by atoms with E-state index in [-0.39, 0.29) is 9.27 Å². The smallest absolute Gasteiger partial charge is 0.258 e. The normalized spacial score (nSPS) is 13.1. The summed E-state index contributed by atoms with van der Waals surface area (Å²) in [6, 6.07) is 12.5. The standard InChI is InChI=1S/C20H16F2N2O6S2/c21-14-19(15-10-12-16(22)13-11-15)24(31(27,28)17-6-2-1-3-7-17)32(29,30)20-9-5-4-8-18(20)23(25)26/h1-13,19H,14H2. The van der Waals surface area contributed by atoms with Crippen molar-refractivity contribution in [3.63, 3.8) is 0 Å². The molecule has 0 saturated heterocycles. The molecule has 0 fully saturated rings. The summed E-state index contributed by atoms with van der Waals surface area (Å²) in [7, 11) is -10.1. The average Bonchev–Trinajstić information content (AvgIpc) is 2.78.